The van der Waals surface area contributed by atoms with Crippen LogP contribution in [0.5, 0.6) is 0 Å². The molecule has 0 saturated heterocycles. The number of nitrogens with zero attached hydrogens (tertiary/aromatic N) is 2. The summed E-state index contributed by atoms with van der Waals surface area (Å²) in [6.07, 6.45) is 0. The van der Waals surface area contributed by atoms with Crippen molar-refractivity contribution in [1.29, 1.82) is 0 Å². The molecule has 0 unspecified atom stereocenters. The Morgan fingerprint density at radius 1 is 1.00 bits per heavy atom. The lowest BCUT2D eigenvalue weighted by Gasteiger charge is -1.99. The SMILES string of the molecule is Ic1nc(-c2ccc3ccccc3c2)ns1. The van der Waals surface area contributed by atoms with Gasteiger partial charge in [-0.3, -0.25) is 0 Å². The monoisotopic (exact) mass is 338 g/mol. The van der Waals surface area contributed by atoms with Crippen molar-refractivity contribution < 1.29 is 0 Å². The van der Waals surface area contributed by atoms with E-state index >= 15 is 0 Å². The third-order valence-corrected chi connectivity index (χ3v) is 3.75. The fraction of sp³-hybridized carbons (Fsp3) is 0. The second-order valence-corrected chi connectivity index (χ2v) is 5.94. The minimum Gasteiger partial charge on any atom is -0.209 e. The van der Waals surface area contributed by atoms with Gasteiger partial charge in [-0.25, -0.2) is 4.98 Å². The van der Waals surface area contributed by atoms with E-state index in [1.807, 2.05) is 12.1 Å². The Kier molecular flexibility index (Phi) is 2.61. The van der Waals surface area contributed by atoms with Crippen LogP contribution in [0.1, 0.15) is 0 Å². The van der Waals surface area contributed by atoms with Gasteiger partial charge in [0.05, 0.1) is 0 Å². The lowest BCUT2D eigenvalue weighted by atomic mass is 10.1. The van der Waals surface area contributed by atoms with Crippen LogP contribution in [0.3, 0.4) is 0 Å². The molecule has 0 radical (unpaired) electrons. The molecule has 0 amide bonds. The van der Waals surface area contributed by atoms with Crippen LogP contribution in [0, 0.1) is 3.01 Å². The molecule has 4 heteroatoms. The molecule has 0 atom stereocenters. The molecule has 0 aliphatic rings. The minimum absolute atomic E-state index is 0.820. The molecule has 0 spiro atoms. The highest BCUT2D eigenvalue weighted by Crippen LogP contribution is 2.23. The second kappa shape index (κ2) is 4.10. The maximum atomic E-state index is 4.38. The molecule has 0 aliphatic carbocycles. The highest BCUT2D eigenvalue weighted by molar-refractivity contribution is 14.1. The van der Waals surface area contributed by atoms with E-state index in [1.54, 1.807) is 0 Å². The van der Waals surface area contributed by atoms with Gasteiger partial charge in [-0.1, -0.05) is 36.4 Å². The molecule has 0 bridgehead atoms. The van der Waals surface area contributed by atoms with Gasteiger partial charge in [0.15, 0.2) is 8.84 Å². The largest absolute Gasteiger partial charge is 0.209 e. The Morgan fingerprint density at radius 2 is 1.81 bits per heavy atom. The summed E-state index contributed by atoms with van der Waals surface area (Å²) in [5, 5.41) is 2.47. The Morgan fingerprint density at radius 3 is 2.56 bits per heavy atom. The number of hydrogen-bond acceptors (Lipinski definition) is 3. The number of hydrogen-bond donors (Lipinski definition) is 0. The van der Waals surface area contributed by atoms with Gasteiger partial charge in [0.1, 0.15) is 0 Å². The molecular formula is C12H7IN2S. The summed E-state index contributed by atoms with van der Waals surface area (Å²) in [7, 11) is 0. The molecule has 78 valence electrons. The van der Waals surface area contributed by atoms with Crippen LogP contribution in [0.25, 0.3) is 22.2 Å². The standard InChI is InChI=1S/C12H7IN2S/c13-12-14-11(15-16-12)10-6-5-8-3-1-2-4-9(8)7-10/h1-7H. The quantitative estimate of drug-likeness (QED) is 0.628. The first-order chi connectivity index (χ1) is 7.83. The Labute approximate surface area is 111 Å². The zero-order chi connectivity index (χ0) is 11.0. The summed E-state index contributed by atoms with van der Waals surface area (Å²) in [5.74, 6) is 0.820. The van der Waals surface area contributed by atoms with Crippen LogP contribution in [-0.2, 0) is 0 Å². The highest BCUT2D eigenvalue weighted by atomic mass is 127. The third-order valence-electron chi connectivity index (χ3n) is 2.41. The zero-order valence-corrected chi connectivity index (χ0v) is 11.2. The maximum absolute atomic E-state index is 4.38. The van der Waals surface area contributed by atoms with Gasteiger partial charge in [0.2, 0.25) is 0 Å². The van der Waals surface area contributed by atoms with Crippen LogP contribution < -0.4 is 0 Å². The molecule has 0 N–H and O–H groups in total. The van der Waals surface area contributed by atoms with E-state index in [2.05, 4.69) is 62.3 Å². The molecule has 0 fully saturated rings. The topological polar surface area (TPSA) is 25.8 Å². The third kappa shape index (κ3) is 1.82. The van der Waals surface area contributed by atoms with Crippen molar-refractivity contribution in [2.24, 2.45) is 0 Å². The van der Waals surface area contributed by atoms with Gasteiger partial charge in [-0.15, -0.1) is 0 Å². The molecule has 2 nitrogen and oxygen atoms in total. The van der Waals surface area contributed by atoms with Crippen LogP contribution in [-0.4, -0.2) is 9.36 Å². The van der Waals surface area contributed by atoms with Crippen LogP contribution in [0.15, 0.2) is 42.5 Å². The fourth-order valence-electron chi connectivity index (χ4n) is 1.65. The van der Waals surface area contributed by atoms with E-state index in [9.17, 15) is 0 Å². The lowest BCUT2D eigenvalue weighted by molar-refractivity contribution is 1.30. The van der Waals surface area contributed by atoms with Gasteiger partial charge >= 0.3 is 0 Å². The molecule has 0 saturated carbocycles. The molecule has 0 aliphatic heterocycles. The van der Waals surface area contributed by atoms with Crippen molar-refractivity contribution >= 4 is 44.9 Å². The summed E-state index contributed by atoms with van der Waals surface area (Å²) in [5.41, 5.74) is 1.08. The summed E-state index contributed by atoms with van der Waals surface area (Å²) in [6, 6.07) is 14.6. The molecule has 2 aromatic carbocycles. The van der Waals surface area contributed by atoms with Crippen molar-refractivity contribution in [1.82, 2.24) is 9.36 Å². The summed E-state index contributed by atoms with van der Waals surface area (Å²) in [4.78, 5) is 4.38. The van der Waals surface area contributed by atoms with Gasteiger partial charge in [-0.05, 0) is 51.0 Å². The summed E-state index contributed by atoms with van der Waals surface area (Å²) < 4.78 is 5.29. The van der Waals surface area contributed by atoms with E-state index < -0.39 is 0 Å². The van der Waals surface area contributed by atoms with Crippen molar-refractivity contribution in [2.75, 3.05) is 0 Å². The minimum atomic E-state index is 0.820. The fourth-order valence-corrected chi connectivity index (χ4v) is 2.61. The highest BCUT2D eigenvalue weighted by Gasteiger charge is 2.04. The predicted octanol–water partition coefficient (Wildman–Crippen LogP) is 3.96. The van der Waals surface area contributed by atoms with Crippen molar-refractivity contribution in [3.63, 3.8) is 0 Å². The number of halogens is 1. The van der Waals surface area contributed by atoms with E-state index in [1.165, 1.54) is 22.3 Å². The van der Waals surface area contributed by atoms with Crippen molar-refractivity contribution in [3.8, 4) is 11.4 Å². The summed E-state index contributed by atoms with van der Waals surface area (Å²) >= 11 is 3.62. The number of aromatic nitrogens is 2. The average Bonchev–Trinajstić information content (AvgIpc) is 2.75. The molecule has 1 heterocycles. The lowest BCUT2D eigenvalue weighted by Crippen LogP contribution is -1.81. The van der Waals surface area contributed by atoms with Crippen molar-refractivity contribution in [2.45, 2.75) is 0 Å². The maximum Gasteiger partial charge on any atom is 0.174 e. The molecule has 3 rings (SSSR count). The van der Waals surface area contributed by atoms with E-state index in [-0.39, 0.29) is 0 Å². The van der Waals surface area contributed by atoms with Crippen LogP contribution >= 0.6 is 34.1 Å². The second-order valence-electron chi connectivity index (χ2n) is 3.43. The van der Waals surface area contributed by atoms with E-state index in [0.29, 0.717) is 0 Å². The number of rotatable bonds is 1. The van der Waals surface area contributed by atoms with Gasteiger partial charge < -0.3 is 0 Å². The Bertz CT molecular complexity index is 648. The Hall–Kier alpha value is -1.01. The first-order valence-electron chi connectivity index (χ1n) is 4.81. The summed E-state index contributed by atoms with van der Waals surface area (Å²) in [6.45, 7) is 0. The number of benzene rings is 2. The van der Waals surface area contributed by atoms with Crippen molar-refractivity contribution in [3.05, 3.63) is 45.5 Å². The smallest absolute Gasteiger partial charge is 0.174 e. The van der Waals surface area contributed by atoms with Gasteiger partial charge in [-0.2, -0.15) is 4.37 Å². The van der Waals surface area contributed by atoms with E-state index in [4.69, 9.17) is 0 Å². The first kappa shape index (κ1) is 10.2. The molecule has 3 aromatic rings. The molecular weight excluding hydrogens is 331 g/mol. The normalized spacial score (nSPS) is 10.8. The van der Waals surface area contributed by atoms with Gasteiger partial charge in [0, 0.05) is 5.56 Å². The molecule has 1 aromatic heterocycles. The average molecular weight is 338 g/mol. The Balaban J connectivity index is 2.18. The molecule has 16 heavy (non-hydrogen) atoms. The van der Waals surface area contributed by atoms with Crippen LogP contribution in [0.2, 0.25) is 0 Å². The van der Waals surface area contributed by atoms with Gasteiger partial charge in [0.25, 0.3) is 0 Å². The van der Waals surface area contributed by atoms with E-state index in [0.717, 1.165) is 14.4 Å². The first-order valence-corrected chi connectivity index (χ1v) is 6.66. The van der Waals surface area contributed by atoms with Crippen LogP contribution in [0.4, 0.5) is 0 Å². The predicted molar refractivity (Wildman–Crippen MR) is 75.6 cm³/mol. The zero-order valence-electron chi connectivity index (χ0n) is 8.22. The number of fused-ring (bicyclic) bond motifs is 1.